The van der Waals surface area contributed by atoms with E-state index in [-0.39, 0.29) is 12.8 Å². The third-order valence-corrected chi connectivity index (χ3v) is 1.33. The first kappa shape index (κ1) is 9.68. The predicted octanol–water partition coefficient (Wildman–Crippen LogP) is -1.01. The normalized spacial score (nSPS) is 13.5. The van der Waals surface area contributed by atoms with Crippen LogP contribution in [0.5, 0.6) is 0 Å². The van der Waals surface area contributed by atoms with Gasteiger partial charge in [0, 0.05) is 13.7 Å². The minimum atomic E-state index is -0.0906. The Balaban J connectivity index is 3.63. The summed E-state index contributed by atoms with van der Waals surface area (Å²) >= 11 is 0. The fraction of sp³-hybridized carbons (Fsp3) is 0.667. The molecule has 0 bridgehead atoms. The molecule has 0 fully saturated rings. The fourth-order valence-electron chi connectivity index (χ4n) is 0.741. The summed E-state index contributed by atoms with van der Waals surface area (Å²) in [6.45, 7) is 4.33. The van der Waals surface area contributed by atoms with Crippen molar-refractivity contribution in [3.05, 3.63) is 12.7 Å². The molecular formula is C6H14BNO2. The summed E-state index contributed by atoms with van der Waals surface area (Å²) in [4.78, 5) is 1.87. The SMILES string of the molecule is BN(CCO)C(C=C)OC. The molecular weight excluding hydrogens is 129 g/mol. The van der Waals surface area contributed by atoms with Crippen LogP contribution in [0.3, 0.4) is 0 Å². The fourth-order valence-corrected chi connectivity index (χ4v) is 0.741. The molecule has 4 heteroatoms. The maximum atomic E-state index is 8.55. The Bertz CT molecular complexity index is 99.7. The van der Waals surface area contributed by atoms with Gasteiger partial charge in [-0.2, -0.15) is 0 Å². The lowest BCUT2D eigenvalue weighted by Gasteiger charge is -2.22. The molecule has 0 rings (SSSR count). The van der Waals surface area contributed by atoms with Crippen LogP contribution in [0.15, 0.2) is 12.7 Å². The molecule has 10 heavy (non-hydrogen) atoms. The minimum Gasteiger partial charge on any atom is -0.395 e. The monoisotopic (exact) mass is 143 g/mol. The molecule has 0 spiro atoms. The van der Waals surface area contributed by atoms with Crippen molar-refractivity contribution >= 4 is 7.98 Å². The van der Waals surface area contributed by atoms with Crippen molar-refractivity contribution in [2.75, 3.05) is 20.3 Å². The molecule has 0 aromatic rings. The van der Waals surface area contributed by atoms with Crippen LogP contribution in [0.1, 0.15) is 0 Å². The van der Waals surface area contributed by atoms with Crippen LogP contribution in [0.25, 0.3) is 0 Å². The van der Waals surface area contributed by atoms with Gasteiger partial charge in [0.15, 0.2) is 7.98 Å². The third-order valence-electron chi connectivity index (χ3n) is 1.33. The van der Waals surface area contributed by atoms with Crippen molar-refractivity contribution in [2.24, 2.45) is 0 Å². The number of methoxy groups -OCH3 is 1. The molecule has 0 saturated carbocycles. The van der Waals surface area contributed by atoms with Crippen LogP contribution < -0.4 is 0 Å². The van der Waals surface area contributed by atoms with Gasteiger partial charge < -0.3 is 14.7 Å². The standard InChI is InChI=1S/C6H14BNO2/c1-3-6(10-2)8(7)4-5-9/h3,6,9H,1,4-5,7H2,2H3. The molecule has 1 unspecified atom stereocenters. The van der Waals surface area contributed by atoms with E-state index < -0.39 is 0 Å². The highest BCUT2D eigenvalue weighted by Gasteiger charge is 2.06. The first-order chi connectivity index (χ1) is 4.76. The largest absolute Gasteiger partial charge is 0.395 e. The summed E-state index contributed by atoms with van der Waals surface area (Å²) in [6.07, 6.45) is 1.60. The van der Waals surface area contributed by atoms with Gasteiger partial charge in [0.1, 0.15) is 6.23 Å². The Morgan fingerprint density at radius 2 is 2.50 bits per heavy atom. The van der Waals surface area contributed by atoms with Gasteiger partial charge in [0.2, 0.25) is 0 Å². The molecule has 0 heterocycles. The van der Waals surface area contributed by atoms with Crippen LogP contribution >= 0.6 is 0 Å². The van der Waals surface area contributed by atoms with Crippen molar-refractivity contribution in [3.8, 4) is 0 Å². The summed E-state index contributed by atoms with van der Waals surface area (Å²) in [5.74, 6) is 0. The van der Waals surface area contributed by atoms with Gasteiger partial charge in [-0.25, -0.2) is 0 Å². The maximum Gasteiger partial charge on any atom is 0.189 e. The van der Waals surface area contributed by atoms with Gasteiger partial charge in [-0.1, -0.05) is 6.58 Å². The number of hydrogen-bond acceptors (Lipinski definition) is 3. The Hall–Kier alpha value is -0.315. The van der Waals surface area contributed by atoms with Gasteiger partial charge in [0.25, 0.3) is 0 Å². The minimum absolute atomic E-state index is 0.0906. The van der Waals surface area contributed by atoms with Crippen LogP contribution in [-0.4, -0.2) is 44.4 Å². The third kappa shape index (κ3) is 3.01. The van der Waals surface area contributed by atoms with Crippen molar-refractivity contribution in [1.29, 1.82) is 0 Å². The molecule has 0 aliphatic heterocycles. The summed E-state index contributed by atoms with van der Waals surface area (Å²) < 4.78 is 5.01. The molecule has 0 aromatic carbocycles. The van der Waals surface area contributed by atoms with E-state index in [0.29, 0.717) is 6.54 Å². The maximum absolute atomic E-state index is 8.55. The molecule has 0 aromatic heterocycles. The van der Waals surface area contributed by atoms with Gasteiger partial charge in [-0.15, -0.1) is 0 Å². The van der Waals surface area contributed by atoms with E-state index in [9.17, 15) is 0 Å². The Morgan fingerprint density at radius 3 is 2.80 bits per heavy atom. The summed E-state index contributed by atoms with van der Waals surface area (Å²) in [5.41, 5.74) is 0. The number of hydrogen-bond donors (Lipinski definition) is 1. The first-order valence-corrected chi connectivity index (χ1v) is 3.22. The highest BCUT2D eigenvalue weighted by molar-refractivity contribution is 6.04. The van der Waals surface area contributed by atoms with Crippen LogP contribution in [0.4, 0.5) is 0 Å². The molecule has 3 nitrogen and oxygen atoms in total. The van der Waals surface area contributed by atoms with Crippen molar-refractivity contribution in [3.63, 3.8) is 0 Å². The summed E-state index contributed by atoms with van der Waals surface area (Å²) in [7, 11) is 3.48. The van der Waals surface area contributed by atoms with Crippen molar-refractivity contribution < 1.29 is 9.84 Å². The van der Waals surface area contributed by atoms with E-state index in [1.807, 2.05) is 12.8 Å². The van der Waals surface area contributed by atoms with Crippen molar-refractivity contribution in [2.45, 2.75) is 6.23 Å². The zero-order valence-corrected chi connectivity index (χ0v) is 6.58. The zero-order valence-electron chi connectivity index (χ0n) is 6.58. The smallest absolute Gasteiger partial charge is 0.189 e. The number of aliphatic hydroxyl groups is 1. The Kier molecular flexibility index (Phi) is 5.30. The molecule has 0 amide bonds. The Morgan fingerprint density at radius 1 is 1.90 bits per heavy atom. The topological polar surface area (TPSA) is 32.7 Å². The molecule has 0 saturated heterocycles. The quantitative estimate of drug-likeness (QED) is 0.304. The molecule has 58 valence electrons. The lowest BCUT2D eigenvalue weighted by Crippen LogP contribution is -2.34. The predicted molar refractivity (Wildman–Crippen MR) is 43.3 cm³/mol. The number of aliphatic hydroxyl groups excluding tert-OH is 1. The highest BCUT2D eigenvalue weighted by Crippen LogP contribution is 1.95. The highest BCUT2D eigenvalue weighted by atomic mass is 16.5. The number of rotatable bonds is 5. The van der Waals surface area contributed by atoms with Crippen molar-refractivity contribution in [1.82, 2.24) is 4.81 Å². The second-order valence-corrected chi connectivity index (χ2v) is 2.07. The molecule has 1 N–H and O–H groups in total. The second-order valence-electron chi connectivity index (χ2n) is 2.07. The number of nitrogens with zero attached hydrogens (tertiary/aromatic N) is 1. The zero-order chi connectivity index (χ0) is 7.98. The van der Waals surface area contributed by atoms with Gasteiger partial charge >= 0.3 is 0 Å². The Labute approximate surface area is 62.7 Å². The van der Waals surface area contributed by atoms with Gasteiger partial charge in [0.05, 0.1) is 6.61 Å². The lowest BCUT2D eigenvalue weighted by atomic mass is 10.2. The van der Waals surface area contributed by atoms with E-state index in [1.165, 1.54) is 0 Å². The molecule has 1 atom stereocenters. The van der Waals surface area contributed by atoms with Crippen LogP contribution in [-0.2, 0) is 4.74 Å². The van der Waals surface area contributed by atoms with Crippen LogP contribution in [0, 0.1) is 0 Å². The second kappa shape index (κ2) is 5.47. The first-order valence-electron chi connectivity index (χ1n) is 3.22. The molecule has 0 radical (unpaired) electrons. The van der Waals surface area contributed by atoms with Gasteiger partial charge in [-0.05, 0) is 6.08 Å². The molecule has 0 aliphatic rings. The van der Waals surface area contributed by atoms with E-state index >= 15 is 0 Å². The summed E-state index contributed by atoms with van der Waals surface area (Å²) in [5, 5.41) is 8.55. The van der Waals surface area contributed by atoms with Gasteiger partial charge in [-0.3, -0.25) is 0 Å². The lowest BCUT2D eigenvalue weighted by molar-refractivity contribution is 0.0461. The van der Waals surface area contributed by atoms with E-state index in [2.05, 4.69) is 6.58 Å². The van der Waals surface area contributed by atoms with E-state index in [1.54, 1.807) is 13.2 Å². The summed E-state index contributed by atoms with van der Waals surface area (Å²) in [6, 6.07) is 0. The van der Waals surface area contributed by atoms with E-state index in [0.717, 1.165) is 0 Å². The average Bonchev–Trinajstić information content (AvgIpc) is 1.91. The average molecular weight is 143 g/mol. The van der Waals surface area contributed by atoms with Crippen LogP contribution in [0.2, 0.25) is 0 Å². The van der Waals surface area contributed by atoms with E-state index in [4.69, 9.17) is 9.84 Å². The molecule has 0 aliphatic carbocycles. The number of ether oxygens (including phenoxy) is 1.